The molecular weight excluding hydrogens is 304 g/mol. The first-order valence-corrected chi connectivity index (χ1v) is 6.27. The van der Waals surface area contributed by atoms with Crippen LogP contribution in [-0.2, 0) is 0 Å². The maximum absolute atomic E-state index is 8.78. The van der Waals surface area contributed by atoms with Gasteiger partial charge in [0, 0.05) is 11.4 Å². The van der Waals surface area contributed by atoms with Crippen LogP contribution in [0.4, 0.5) is 0 Å². The number of thiazole rings is 1. The summed E-state index contributed by atoms with van der Waals surface area (Å²) >= 11 is 4.62. The van der Waals surface area contributed by atoms with Crippen molar-refractivity contribution in [3.63, 3.8) is 0 Å². The van der Waals surface area contributed by atoms with Crippen LogP contribution in [-0.4, -0.2) is 12.1 Å². The predicted octanol–water partition coefficient (Wildman–Crippen LogP) is 3.58. The number of benzene rings is 1. The van der Waals surface area contributed by atoms with Gasteiger partial charge in [-0.2, -0.15) is 10.2 Å². The second-order valence-corrected chi connectivity index (χ2v) is 4.65. The van der Waals surface area contributed by atoms with E-state index in [-0.39, 0.29) is 0 Å². The molecule has 0 aliphatic carbocycles. The van der Waals surface area contributed by atoms with Gasteiger partial charge in [-0.25, -0.2) is 0 Å². The molecule has 0 unspecified atom stereocenters. The molecule has 4 nitrogen and oxygen atoms in total. The van der Waals surface area contributed by atoms with Crippen LogP contribution in [0, 0.1) is 11.3 Å². The van der Waals surface area contributed by atoms with Gasteiger partial charge in [0.2, 0.25) is 0 Å². The van der Waals surface area contributed by atoms with Crippen LogP contribution in [0.2, 0.25) is 0 Å². The van der Waals surface area contributed by atoms with Crippen molar-refractivity contribution in [2.45, 2.75) is 0 Å². The lowest BCUT2D eigenvalue weighted by molar-refractivity contribution is 0.378. The smallest absolute Gasteiger partial charge is 0.279 e. The number of nitrogens with zero attached hydrogens (tertiary/aromatic N) is 2. The Bertz CT molecular complexity index is 577. The average Bonchev–Trinajstić information content (AvgIpc) is 2.75. The van der Waals surface area contributed by atoms with Gasteiger partial charge >= 0.3 is 0 Å². The van der Waals surface area contributed by atoms with Crippen LogP contribution in [0.1, 0.15) is 5.56 Å². The summed E-state index contributed by atoms with van der Waals surface area (Å²) < 4.78 is 11.4. The highest BCUT2D eigenvalue weighted by molar-refractivity contribution is 9.10. The number of hydrogen-bond donors (Lipinski definition) is 0. The van der Waals surface area contributed by atoms with Crippen molar-refractivity contribution >= 4 is 27.3 Å². The first kappa shape index (κ1) is 11.9. The normalized spacial score (nSPS) is 9.71. The summed E-state index contributed by atoms with van der Waals surface area (Å²) in [6, 6.07) is 7.02. The molecule has 86 valence electrons. The van der Waals surface area contributed by atoms with E-state index in [1.165, 1.54) is 18.4 Å². The molecule has 1 aromatic carbocycles. The third-order valence-corrected chi connectivity index (χ3v) is 3.37. The molecule has 0 radical (unpaired) electrons. The summed E-state index contributed by atoms with van der Waals surface area (Å²) in [5.41, 5.74) is 0.523. The van der Waals surface area contributed by atoms with Gasteiger partial charge in [0.25, 0.3) is 5.19 Å². The number of nitriles is 1. The van der Waals surface area contributed by atoms with Crippen molar-refractivity contribution < 1.29 is 9.47 Å². The maximum atomic E-state index is 8.78. The van der Waals surface area contributed by atoms with Crippen LogP contribution in [0.25, 0.3) is 0 Å². The van der Waals surface area contributed by atoms with Crippen molar-refractivity contribution in [3.05, 3.63) is 33.7 Å². The third kappa shape index (κ3) is 2.75. The number of aromatic nitrogens is 1. The van der Waals surface area contributed by atoms with Crippen molar-refractivity contribution in [3.8, 4) is 22.8 Å². The molecule has 1 heterocycles. The third-order valence-electron chi connectivity index (χ3n) is 1.95. The molecule has 0 fully saturated rings. The molecule has 1 aromatic heterocycles. The molecule has 2 aromatic rings. The number of hydrogen-bond acceptors (Lipinski definition) is 5. The van der Waals surface area contributed by atoms with Crippen LogP contribution in [0.5, 0.6) is 16.7 Å². The van der Waals surface area contributed by atoms with E-state index < -0.39 is 0 Å². The van der Waals surface area contributed by atoms with Gasteiger partial charge in [0.15, 0.2) is 11.5 Å². The Morgan fingerprint density at radius 1 is 1.41 bits per heavy atom. The van der Waals surface area contributed by atoms with Crippen LogP contribution < -0.4 is 9.47 Å². The zero-order chi connectivity index (χ0) is 12.3. The summed E-state index contributed by atoms with van der Waals surface area (Å²) in [5, 5.41) is 11.1. The zero-order valence-corrected chi connectivity index (χ0v) is 11.2. The van der Waals surface area contributed by atoms with Gasteiger partial charge in [-0.1, -0.05) is 11.3 Å². The van der Waals surface area contributed by atoms with Crippen molar-refractivity contribution in [1.29, 1.82) is 5.26 Å². The summed E-state index contributed by atoms with van der Waals surface area (Å²) in [7, 11) is 1.53. The Balaban J connectivity index is 2.30. The van der Waals surface area contributed by atoms with Crippen molar-refractivity contribution in [1.82, 2.24) is 4.98 Å². The fourth-order valence-electron chi connectivity index (χ4n) is 1.20. The minimum atomic E-state index is 0.510. The summed E-state index contributed by atoms with van der Waals surface area (Å²) in [6.07, 6.45) is 0. The second kappa shape index (κ2) is 5.17. The fourth-order valence-corrected chi connectivity index (χ4v) is 2.30. The highest BCUT2D eigenvalue weighted by Gasteiger charge is 2.09. The number of methoxy groups -OCH3 is 1. The lowest BCUT2D eigenvalue weighted by Crippen LogP contribution is -1.90. The first-order valence-electron chi connectivity index (χ1n) is 4.60. The molecule has 0 spiro atoms. The Morgan fingerprint density at radius 3 is 2.82 bits per heavy atom. The average molecular weight is 311 g/mol. The Morgan fingerprint density at radius 2 is 2.24 bits per heavy atom. The molecule has 0 aliphatic heterocycles. The van der Waals surface area contributed by atoms with Crippen molar-refractivity contribution in [2.75, 3.05) is 7.11 Å². The van der Waals surface area contributed by atoms with Gasteiger partial charge < -0.3 is 9.47 Å². The van der Waals surface area contributed by atoms with Crippen LogP contribution >= 0.6 is 27.3 Å². The van der Waals surface area contributed by atoms with Crippen LogP contribution in [0.15, 0.2) is 28.2 Å². The lowest BCUT2D eigenvalue weighted by Gasteiger charge is -2.07. The molecule has 2 rings (SSSR count). The molecule has 0 amide bonds. The summed E-state index contributed by atoms with van der Waals surface area (Å²) in [5.74, 6) is 1.05. The van der Waals surface area contributed by atoms with Crippen molar-refractivity contribution in [2.24, 2.45) is 0 Å². The predicted molar refractivity (Wildman–Crippen MR) is 67.6 cm³/mol. The summed E-state index contributed by atoms with van der Waals surface area (Å²) in [6.45, 7) is 0. The monoisotopic (exact) mass is 310 g/mol. The van der Waals surface area contributed by atoms with E-state index in [9.17, 15) is 0 Å². The topological polar surface area (TPSA) is 55.1 Å². The molecule has 0 saturated carbocycles. The number of rotatable bonds is 3. The zero-order valence-electron chi connectivity index (χ0n) is 8.81. The molecule has 0 bridgehead atoms. The molecule has 0 N–H and O–H groups in total. The van der Waals surface area contributed by atoms with Gasteiger partial charge in [0.05, 0.1) is 18.7 Å². The number of ether oxygens (including phenoxy) is 2. The summed E-state index contributed by atoms with van der Waals surface area (Å²) in [4.78, 5) is 4.12. The minimum absolute atomic E-state index is 0.510. The van der Waals surface area contributed by atoms with E-state index in [4.69, 9.17) is 14.7 Å². The van der Waals surface area contributed by atoms with Gasteiger partial charge in [0.1, 0.15) is 4.60 Å². The second-order valence-electron chi connectivity index (χ2n) is 3.02. The van der Waals surface area contributed by atoms with E-state index in [0.717, 1.165) is 4.60 Å². The van der Waals surface area contributed by atoms with Crippen LogP contribution in [0.3, 0.4) is 0 Å². The Labute approximate surface area is 111 Å². The van der Waals surface area contributed by atoms with E-state index >= 15 is 0 Å². The fraction of sp³-hybridized carbons (Fsp3) is 0.0909. The van der Waals surface area contributed by atoms with Gasteiger partial charge in [-0.3, -0.25) is 0 Å². The highest BCUT2D eigenvalue weighted by Crippen LogP contribution is 2.34. The first-order chi connectivity index (χ1) is 8.22. The maximum Gasteiger partial charge on any atom is 0.279 e. The Kier molecular flexibility index (Phi) is 3.61. The quantitative estimate of drug-likeness (QED) is 0.869. The lowest BCUT2D eigenvalue weighted by atomic mass is 10.2. The van der Waals surface area contributed by atoms with Gasteiger partial charge in [-0.05, 0) is 28.1 Å². The standard InChI is InChI=1S/C11H7BrN2O2S/c1-15-9-4-7(5-13)2-3-8(9)16-11-14-10(12)6-17-11/h2-4,6H,1H3. The number of halogens is 1. The molecule has 6 heteroatoms. The largest absolute Gasteiger partial charge is 0.493 e. The van der Waals surface area contributed by atoms with E-state index in [0.29, 0.717) is 22.3 Å². The Hall–Kier alpha value is -1.58. The van der Waals surface area contributed by atoms with E-state index in [1.807, 2.05) is 11.4 Å². The highest BCUT2D eigenvalue weighted by atomic mass is 79.9. The molecule has 17 heavy (non-hydrogen) atoms. The molecule has 0 atom stereocenters. The minimum Gasteiger partial charge on any atom is -0.493 e. The van der Waals surface area contributed by atoms with E-state index in [2.05, 4.69) is 20.9 Å². The molecule has 0 aliphatic rings. The van der Waals surface area contributed by atoms with E-state index in [1.54, 1.807) is 18.2 Å². The van der Waals surface area contributed by atoms with Gasteiger partial charge in [-0.15, -0.1) is 0 Å². The molecular formula is C11H7BrN2O2S. The molecule has 0 saturated heterocycles. The SMILES string of the molecule is COc1cc(C#N)ccc1Oc1nc(Br)cs1.